The van der Waals surface area contributed by atoms with Crippen LogP contribution < -0.4 is 9.47 Å². The van der Waals surface area contributed by atoms with Crippen LogP contribution in [-0.4, -0.2) is 33.0 Å². The fourth-order valence-corrected chi connectivity index (χ4v) is 3.18. The van der Waals surface area contributed by atoms with Crippen molar-refractivity contribution in [1.82, 2.24) is 0 Å². The van der Waals surface area contributed by atoms with Gasteiger partial charge in [0, 0.05) is 12.5 Å². The molecule has 1 aliphatic heterocycles. The lowest BCUT2D eigenvalue weighted by atomic mass is 9.79. The number of benzene rings is 2. The van der Waals surface area contributed by atoms with Crippen LogP contribution in [0, 0.1) is 0 Å². The molecular formula is C19H23BO4. The van der Waals surface area contributed by atoms with E-state index in [2.05, 4.69) is 25.1 Å². The largest absolute Gasteiger partial charge is 0.493 e. The van der Waals surface area contributed by atoms with E-state index in [1.807, 2.05) is 18.2 Å². The highest BCUT2D eigenvalue weighted by atomic mass is 16.5. The van der Waals surface area contributed by atoms with Crippen LogP contribution in [0.25, 0.3) is 11.1 Å². The molecular weight excluding hydrogens is 303 g/mol. The molecule has 3 rings (SSSR count). The standard InChI is InChI=1S/C19H23BO4/c1-4-13-7-15(9-16(8-13)17-11-20(21)24-12-17)14-5-6-18(22-2)19(10-14)23-3/h5-10,17,21H,4,11-12H2,1-3H3. The smallest absolute Gasteiger partial charge is 0.454 e. The minimum Gasteiger partial charge on any atom is -0.493 e. The maximum atomic E-state index is 9.65. The van der Waals surface area contributed by atoms with E-state index in [1.54, 1.807) is 14.2 Å². The van der Waals surface area contributed by atoms with E-state index in [4.69, 9.17) is 14.1 Å². The summed E-state index contributed by atoms with van der Waals surface area (Å²) >= 11 is 0. The summed E-state index contributed by atoms with van der Waals surface area (Å²) in [7, 11) is 2.63. The third-order valence-corrected chi connectivity index (χ3v) is 4.59. The van der Waals surface area contributed by atoms with Gasteiger partial charge in [0.2, 0.25) is 0 Å². The molecule has 0 aliphatic carbocycles. The van der Waals surface area contributed by atoms with Crippen molar-refractivity contribution in [2.45, 2.75) is 25.6 Å². The zero-order valence-corrected chi connectivity index (χ0v) is 14.4. The van der Waals surface area contributed by atoms with Gasteiger partial charge in [-0.2, -0.15) is 0 Å². The van der Waals surface area contributed by atoms with E-state index in [-0.39, 0.29) is 5.92 Å². The van der Waals surface area contributed by atoms with E-state index in [0.29, 0.717) is 12.9 Å². The second-order valence-electron chi connectivity index (χ2n) is 6.11. The number of aryl methyl sites for hydroxylation is 1. The molecule has 1 N–H and O–H groups in total. The lowest BCUT2D eigenvalue weighted by Crippen LogP contribution is -2.07. The average molecular weight is 326 g/mol. The van der Waals surface area contributed by atoms with Crippen molar-refractivity contribution in [3.8, 4) is 22.6 Å². The van der Waals surface area contributed by atoms with Gasteiger partial charge in [0.15, 0.2) is 11.5 Å². The molecule has 0 saturated carbocycles. The zero-order valence-electron chi connectivity index (χ0n) is 14.4. The second kappa shape index (κ2) is 7.28. The Labute approximate surface area is 143 Å². The van der Waals surface area contributed by atoms with Crippen LogP contribution in [0.2, 0.25) is 6.32 Å². The van der Waals surface area contributed by atoms with Crippen molar-refractivity contribution in [3.63, 3.8) is 0 Å². The van der Waals surface area contributed by atoms with Gasteiger partial charge in [-0.15, -0.1) is 0 Å². The zero-order chi connectivity index (χ0) is 17.1. The summed E-state index contributed by atoms with van der Waals surface area (Å²) in [4.78, 5) is 0. The maximum absolute atomic E-state index is 9.65. The van der Waals surface area contributed by atoms with Crippen molar-refractivity contribution >= 4 is 7.12 Å². The number of ether oxygens (including phenoxy) is 2. The van der Waals surface area contributed by atoms with Gasteiger partial charge in [0.25, 0.3) is 0 Å². The quantitative estimate of drug-likeness (QED) is 0.854. The lowest BCUT2D eigenvalue weighted by molar-refractivity contribution is 0.292. The summed E-state index contributed by atoms with van der Waals surface area (Å²) < 4.78 is 16.1. The van der Waals surface area contributed by atoms with Gasteiger partial charge < -0.3 is 19.2 Å². The Balaban J connectivity index is 2.01. The summed E-state index contributed by atoms with van der Waals surface area (Å²) in [5.74, 6) is 1.68. The molecule has 1 aliphatic rings. The van der Waals surface area contributed by atoms with Crippen LogP contribution in [0.4, 0.5) is 0 Å². The van der Waals surface area contributed by atoms with Crippen LogP contribution >= 0.6 is 0 Å². The summed E-state index contributed by atoms with van der Waals surface area (Å²) in [6, 6.07) is 12.6. The van der Waals surface area contributed by atoms with Crippen LogP contribution in [-0.2, 0) is 11.1 Å². The minimum absolute atomic E-state index is 0.241. The average Bonchev–Trinajstić information content (AvgIpc) is 3.07. The van der Waals surface area contributed by atoms with Crippen molar-refractivity contribution in [3.05, 3.63) is 47.5 Å². The summed E-state index contributed by atoms with van der Waals surface area (Å²) in [6.07, 6.45) is 1.61. The minimum atomic E-state index is -0.648. The fraction of sp³-hybridized carbons (Fsp3) is 0.368. The molecule has 24 heavy (non-hydrogen) atoms. The Kier molecular flexibility index (Phi) is 5.12. The van der Waals surface area contributed by atoms with Gasteiger partial charge in [0.05, 0.1) is 14.2 Å². The second-order valence-corrected chi connectivity index (χ2v) is 6.11. The first-order valence-electron chi connectivity index (χ1n) is 8.30. The molecule has 2 aromatic rings. The first kappa shape index (κ1) is 16.9. The van der Waals surface area contributed by atoms with E-state index in [9.17, 15) is 5.02 Å². The molecule has 1 unspecified atom stereocenters. The van der Waals surface area contributed by atoms with Gasteiger partial charge in [-0.3, -0.25) is 0 Å². The number of methoxy groups -OCH3 is 2. The molecule has 0 aromatic heterocycles. The molecule has 2 aromatic carbocycles. The molecule has 1 atom stereocenters. The third-order valence-electron chi connectivity index (χ3n) is 4.59. The summed E-state index contributed by atoms with van der Waals surface area (Å²) in [6.45, 7) is 2.72. The molecule has 1 fully saturated rings. The van der Waals surface area contributed by atoms with Crippen LogP contribution in [0.3, 0.4) is 0 Å². The Bertz CT molecular complexity index is 717. The Hall–Kier alpha value is -1.98. The topological polar surface area (TPSA) is 47.9 Å². The van der Waals surface area contributed by atoms with Gasteiger partial charge >= 0.3 is 7.12 Å². The Morgan fingerprint density at radius 2 is 1.88 bits per heavy atom. The summed E-state index contributed by atoms with van der Waals surface area (Å²) in [5, 5.41) is 9.65. The van der Waals surface area contributed by atoms with E-state index in [1.165, 1.54) is 11.1 Å². The lowest BCUT2D eigenvalue weighted by Gasteiger charge is -2.15. The third kappa shape index (κ3) is 3.42. The van der Waals surface area contributed by atoms with Gasteiger partial charge in [0.1, 0.15) is 0 Å². The molecule has 126 valence electrons. The number of rotatable bonds is 5. The molecule has 0 bridgehead atoms. The van der Waals surface area contributed by atoms with Crippen LogP contribution in [0.15, 0.2) is 36.4 Å². The highest BCUT2D eigenvalue weighted by Crippen LogP contribution is 2.35. The monoisotopic (exact) mass is 326 g/mol. The van der Waals surface area contributed by atoms with Crippen LogP contribution in [0.1, 0.15) is 24.0 Å². The Morgan fingerprint density at radius 3 is 2.50 bits per heavy atom. The molecule has 5 heteroatoms. The first-order chi connectivity index (χ1) is 11.6. The molecule has 4 nitrogen and oxygen atoms in total. The van der Waals surface area contributed by atoms with Gasteiger partial charge in [-0.25, -0.2) is 0 Å². The van der Waals surface area contributed by atoms with Crippen LogP contribution in [0.5, 0.6) is 11.5 Å². The predicted molar refractivity (Wildman–Crippen MR) is 95.8 cm³/mol. The van der Waals surface area contributed by atoms with E-state index >= 15 is 0 Å². The number of hydrogen-bond donors (Lipinski definition) is 1. The van der Waals surface area contributed by atoms with Crippen molar-refractivity contribution in [2.75, 3.05) is 20.8 Å². The maximum Gasteiger partial charge on any atom is 0.454 e. The SMILES string of the molecule is CCc1cc(-c2ccc(OC)c(OC)c2)cc(C2COB(O)C2)c1. The molecule has 0 amide bonds. The van der Waals surface area contributed by atoms with E-state index in [0.717, 1.165) is 29.0 Å². The molecule has 0 spiro atoms. The van der Waals surface area contributed by atoms with Crippen molar-refractivity contribution in [2.24, 2.45) is 0 Å². The van der Waals surface area contributed by atoms with Gasteiger partial charge in [-0.1, -0.05) is 31.2 Å². The van der Waals surface area contributed by atoms with E-state index < -0.39 is 7.12 Å². The first-order valence-corrected chi connectivity index (χ1v) is 8.30. The fourth-order valence-electron chi connectivity index (χ4n) is 3.18. The van der Waals surface area contributed by atoms with Crippen molar-refractivity contribution < 1.29 is 19.2 Å². The normalized spacial score (nSPS) is 17.2. The molecule has 1 saturated heterocycles. The van der Waals surface area contributed by atoms with Gasteiger partial charge in [-0.05, 0) is 47.1 Å². The highest BCUT2D eigenvalue weighted by Gasteiger charge is 2.30. The predicted octanol–water partition coefficient (Wildman–Crippen LogP) is 3.53. The van der Waals surface area contributed by atoms with Crippen molar-refractivity contribution in [1.29, 1.82) is 0 Å². The Morgan fingerprint density at radius 1 is 1.08 bits per heavy atom. The molecule has 0 radical (unpaired) electrons. The summed E-state index contributed by atoms with van der Waals surface area (Å²) in [5.41, 5.74) is 4.73. The highest BCUT2D eigenvalue weighted by molar-refractivity contribution is 6.43. The number of hydrogen-bond acceptors (Lipinski definition) is 4. The molecule has 1 heterocycles.